The maximum absolute atomic E-state index is 12.8. The van der Waals surface area contributed by atoms with Crippen molar-refractivity contribution in [2.24, 2.45) is 5.73 Å². The van der Waals surface area contributed by atoms with E-state index in [2.05, 4.69) is 5.32 Å². The average Bonchev–Trinajstić information content (AvgIpc) is 2.60. The summed E-state index contributed by atoms with van der Waals surface area (Å²) in [7, 11) is 0. The summed E-state index contributed by atoms with van der Waals surface area (Å²) in [5, 5.41) is 2.22. The molecule has 1 atom stereocenters. The second kappa shape index (κ2) is 7.91. The summed E-state index contributed by atoms with van der Waals surface area (Å²) in [4.78, 5) is 23.7. The number of nitrogens with two attached hydrogens (primary N) is 1. The van der Waals surface area contributed by atoms with Gasteiger partial charge in [-0.3, -0.25) is 9.59 Å². The molecule has 10 heteroatoms. The van der Waals surface area contributed by atoms with Gasteiger partial charge in [-0.05, 0) is 35.9 Å². The lowest BCUT2D eigenvalue weighted by atomic mass is 10.0. The number of hydrogen-bond acceptors (Lipinski definition) is 2. The highest BCUT2D eigenvalue weighted by molar-refractivity contribution is 5.97. The molecule has 4 nitrogen and oxygen atoms in total. The van der Waals surface area contributed by atoms with E-state index < -0.39 is 41.3 Å². The van der Waals surface area contributed by atoms with Crippen LogP contribution in [0.25, 0.3) is 0 Å². The van der Waals surface area contributed by atoms with E-state index in [9.17, 15) is 35.9 Å². The fourth-order valence-corrected chi connectivity index (χ4v) is 2.39. The quantitative estimate of drug-likeness (QED) is 0.749. The van der Waals surface area contributed by atoms with Gasteiger partial charge in [-0.1, -0.05) is 18.2 Å². The molecular formula is C18H14F6N2O2. The van der Waals surface area contributed by atoms with Gasteiger partial charge in [-0.2, -0.15) is 26.3 Å². The Hall–Kier alpha value is -3.04. The number of halogens is 6. The highest BCUT2D eigenvalue weighted by Crippen LogP contribution is 2.30. The summed E-state index contributed by atoms with van der Waals surface area (Å²) in [6.45, 7) is 0. The number of benzene rings is 2. The molecule has 0 heterocycles. The molecule has 0 fully saturated rings. The standard InChI is InChI=1S/C18H14F6N2O2/c19-17(20,21)12-6-4-11(5-7-12)16(28)26-14(15(25)27)9-10-2-1-3-13(8-10)18(22,23)24/h1-8,14H,9H2,(H2,25,27)(H,26,28)/t14-/m0/s1. The predicted octanol–water partition coefficient (Wildman–Crippen LogP) is 3.55. The Labute approximate surface area is 155 Å². The van der Waals surface area contributed by atoms with Gasteiger partial charge in [0.25, 0.3) is 5.91 Å². The summed E-state index contributed by atoms with van der Waals surface area (Å²) < 4.78 is 76.0. The molecule has 2 rings (SSSR count). The molecule has 150 valence electrons. The van der Waals surface area contributed by atoms with Crippen LogP contribution in [-0.2, 0) is 23.6 Å². The Morgan fingerprint density at radius 3 is 1.96 bits per heavy atom. The molecule has 0 unspecified atom stereocenters. The number of nitrogens with one attached hydrogen (secondary N) is 1. The van der Waals surface area contributed by atoms with Crippen molar-refractivity contribution >= 4 is 11.8 Å². The number of carbonyl (C=O) groups is 2. The molecule has 2 amide bonds. The van der Waals surface area contributed by atoms with Gasteiger partial charge in [0.2, 0.25) is 5.91 Å². The summed E-state index contributed by atoms with van der Waals surface area (Å²) in [6, 6.07) is 6.02. The number of carbonyl (C=O) groups excluding carboxylic acids is 2. The van der Waals surface area contributed by atoms with Crippen molar-refractivity contribution in [2.45, 2.75) is 24.8 Å². The van der Waals surface area contributed by atoms with Crippen molar-refractivity contribution in [3.05, 3.63) is 70.8 Å². The van der Waals surface area contributed by atoms with Crippen molar-refractivity contribution in [2.75, 3.05) is 0 Å². The van der Waals surface area contributed by atoms with Crippen LogP contribution in [0.4, 0.5) is 26.3 Å². The number of alkyl halides is 6. The van der Waals surface area contributed by atoms with Crippen LogP contribution in [0.5, 0.6) is 0 Å². The molecular weight excluding hydrogens is 390 g/mol. The molecule has 0 aliphatic rings. The minimum Gasteiger partial charge on any atom is -0.368 e. The normalized spacial score (nSPS) is 13.1. The SMILES string of the molecule is NC(=O)[C@H](Cc1cccc(C(F)(F)F)c1)NC(=O)c1ccc(C(F)(F)F)cc1. The zero-order valence-electron chi connectivity index (χ0n) is 14.1. The second-order valence-electron chi connectivity index (χ2n) is 5.91. The first kappa shape index (κ1) is 21.3. The Kier molecular flexibility index (Phi) is 6.01. The summed E-state index contributed by atoms with van der Waals surface area (Å²) in [6.07, 6.45) is -9.47. The van der Waals surface area contributed by atoms with Gasteiger partial charge in [0.15, 0.2) is 0 Å². The van der Waals surface area contributed by atoms with Crippen LogP contribution in [0, 0.1) is 0 Å². The predicted molar refractivity (Wildman–Crippen MR) is 87.0 cm³/mol. The van der Waals surface area contributed by atoms with Crippen LogP contribution < -0.4 is 11.1 Å². The lowest BCUT2D eigenvalue weighted by molar-refractivity contribution is -0.138. The van der Waals surface area contributed by atoms with Crippen molar-refractivity contribution in [3.8, 4) is 0 Å². The molecule has 0 bridgehead atoms. The van der Waals surface area contributed by atoms with Crippen LogP contribution >= 0.6 is 0 Å². The maximum atomic E-state index is 12.8. The van der Waals surface area contributed by atoms with Gasteiger partial charge in [-0.25, -0.2) is 0 Å². The van der Waals surface area contributed by atoms with Crippen molar-refractivity contribution in [1.82, 2.24) is 5.32 Å². The van der Waals surface area contributed by atoms with Crippen molar-refractivity contribution in [1.29, 1.82) is 0 Å². The lowest BCUT2D eigenvalue weighted by Gasteiger charge is -2.17. The lowest BCUT2D eigenvalue weighted by Crippen LogP contribution is -2.45. The van der Waals surface area contributed by atoms with Gasteiger partial charge in [-0.15, -0.1) is 0 Å². The maximum Gasteiger partial charge on any atom is 0.416 e. The fraction of sp³-hybridized carbons (Fsp3) is 0.222. The topological polar surface area (TPSA) is 72.2 Å². The van der Waals surface area contributed by atoms with E-state index in [1.54, 1.807) is 0 Å². The summed E-state index contributed by atoms with van der Waals surface area (Å²) in [5.74, 6) is -1.89. The zero-order chi connectivity index (χ0) is 21.1. The number of hydrogen-bond donors (Lipinski definition) is 2. The highest BCUT2D eigenvalue weighted by atomic mass is 19.4. The first-order valence-electron chi connectivity index (χ1n) is 7.81. The van der Waals surface area contributed by atoms with Crippen LogP contribution in [0.2, 0.25) is 0 Å². The largest absolute Gasteiger partial charge is 0.416 e. The number of rotatable bonds is 5. The van der Waals surface area contributed by atoms with Crippen LogP contribution in [0.1, 0.15) is 27.0 Å². The fourth-order valence-electron chi connectivity index (χ4n) is 2.39. The van der Waals surface area contributed by atoms with E-state index in [0.717, 1.165) is 30.3 Å². The van der Waals surface area contributed by atoms with Gasteiger partial charge in [0, 0.05) is 12.0 Å². The molecule has 0 saturated heterocycles. The smallest absolute Gasteiger partial charge is 0.368 e. The minimum atomic E-state index is -4.58. The third-order valence-corrected chi connectivity index (χ3v) is 3.82. The van der Waals surface area contributed by atoms with E-state index in [1.165, 1.54) is 6.07 Å². The Bertz CT molecular complexity index is 860. The molecule has 0 aliphatic heterocycles. The first-order valence-corrected chi connectivity index (χ1v) is 7.81. The Morgan fingerprint density at radius 1 is 0.893 bits per heavy atom. The van der Waals surface area contributed by atoms with E-state index in [1.807, 2.05) is 0 Å². The van der Waals surface area contributed by atoms with Crippen molar-refractivity contribution < 1.29 is 35.9 Å². The first-order chi connectivity index (χ1) is 12.9. The van der Waals surface area contributed by atoms with Gasteiger partial charge >= 0.3 is 12.4 Å². The van der Waals surface area contributed by atoms with Crippen LogP contribution in [0.15, 0.2) is 48.5 Å². The molecule has 0 spiro atoms. The number of primary amides is 1. The molecule has 2 aromatic carbocycles. The molecule has 2 aromatic rings. The molecule has 3 N–H and O–H groups in total. The van der Waals surface area contributed by atoms with E-state index in [-0.39, 0.29) is 17.5 Å². The minimum absolute atomic E-state index is 0.103. The van der Waals surface area contributed by atoms with E-state index in [0.29, 0.717) is 12.1 Å². The highest BCUT2D eigenvalue weighted by Gasteiger charge is 2.31. The third kappa shape index (κ3) is 5.48. The monoisotopic (exact) mass is 404 g/mol. The van der Waals surface area contributed by atoms with Crippen molar-refractivity contribution in [3.63, 3.8) is 0 Å². The molecule has 0 aliphatic carbocycles. The Morgan fingerprint density at radius 2 is 1.46 bits per heavy atom. The summed E-state index contributed by atoms with van der Waals surface area (Å²) in [5.41, 5.74) is 3.24. The van der Waals surface area contributed by atoms with E-state index in [4.69, 9.17) is 5.73 Å². The molecule has 0 saturated carbocycles. The summed E-state index contributed by atoms with van der Waals surface area (Å²) >= 11 is 0. The molecule has 0 radical (unpaired) electrons. The Balaban J connectivity index is 2.15. The molecule has 28 heavy (non-hydrogen) atoms. The third-order valence-electron chi connectivity index (χ3n) is 3.82. The van der Waals surface area contributed by atoms with Gasteiger partial charge < -0.3 is 11.1 Å². The zero-order valence-corrected chi connectivity index (χ0v) is 14.1. The van der Waals surface area contributed by atoms with Gasteiger partial charge in [0.1, 0.15) is 6.04 Å². The van der Waals surface area contributed by atoms with Gasteiger partial charge in [0.05, 0.1) is 11.1 Å². The van der Waals surface area contributed by atoms with E-state index >= 15 is 0 Å². The number of amides is 2. The average molecular weight is 404 g/mol. The molecule has 0 aromatic heterocycles. The van der Waals surface area contributed by atoms with Crippen LogP contribution in [0.3, 0.4) is 0 Å². The van der Waals surface area contributed by atoms with Crippen LogP contribution in [-0.4, -0.2) is 17.9 Å². The second-order valence-corrected chi connectivity index (χ2v) is 5.91.